The minimum Gasteiger partial charge on any atom is -0.197 e. The van der Waals surface area contributed by atoms with Crippen molar-refractivity contribution in [2.24, 2.45) is 5.41 Å². The SMILES string of the molecule is CC1(CSc2cn[nH]n2)CC1(Cl)Cl. The fourth-order valence-corrected chi connectivity index (χ4v) is 3.03. The Balaban J connectivity index is 1.88. The number of H-pyrrole nitrogens is 1. The first-order valence-electron chi connectivity index (χ1n) is 3.90. The molecular formula is C7H9Cl2N3S. The summed E-state index contributed by atoms with van der Waals surface area (Å²) in [4.78, 5) is 0. The van der Waals surface area contributed by atoms with Crippen molar-refractivity contribution >= 4 is 35.0 Å². The third-order valence-electron chi connectivity index (χ3n) is 2.30. The Labute approximate surface area is 90.6 Å². The van der Waals surface area contributed by atoms with Crippen LogP contribution in [0.4, 0.5) is 0 Å². The van der Waals surface area contributed by atoms with Crippen LogP contribution in [-0.2, 0) is 0 Å². The first-order chi connectivity index (χ1) is 6.04. The average Bonchev–Trinajstić information content (AvgIpc) is 2.53. The predicted molar refractivity (Wildman–Crippen MR) is 54.3 cm³/mol. The highest BCUT2D eigenvalue weighted by Gasteiger charge is 2.62. The Morgan fingerprint density at radius 2 is 2.38 bits per heavy atom. The maximum atomic E-state index is 6.00. The second-order valence-electron chi connectivity index (χ2n) is 3.54. The van der Waals surface area contributed by atoms with Crippen molar-refractivity contribution < 1.29 is 0 Å². The molecule has 1 aromatic rings. The highest BCUT2D eigenvalue weighted by atomic mass is 35.5. The van der Waals surface area contributed by atoms with Crippen molar-refractivity contribution in [3.8, 4) is 0 Å². The summed E-state index contributed by atoms with van der Waals surface area (Å²) in [5, 5.41) is 11.1. The van der Waals surface area contributed by atoms with Gasteiger partial charge < -0.3 is 0 Å². The maximum absolute atomic E-state index is 6.00. The Bertz CT molecular complexity index is 301. The number of rotatable bonds is 3. The monoisotopic (exact) mass is 237 g/mol. The molecule has 1 atom stereocenters. The molecule has 1 saturated carbocycles. The van der Waals surface area contributed by atoms with E-state index >= 15 is 0 Å². The van der Waals surface area contributed by atoms with Crippen LogP contribution in [0.5, 0.6) is 0 Å². The van der Waals surface area contributed by atoms with Gasteiger partial charge in [-0.3, -0.25) is 0 Å². The van der Waals surface area contributed by atoms with Crippen molar-refractivity contribution in [1.29, 1.82) is 0 Å². The summed E-state index contributed by atoms with van der Waals surface area (Å²) < 4.78 is -0.538. The summed E-state index contributed by atoms with van der Waals surface area (Å²) >= 11 is 13.6. The van der Waals surface area contributed by atoms with Gasteiger partial charge in [-0.1, -0.05) is 6.92 Å². The van der Waals surface area contributed by atoms with Gasteiger partial charge >= 0.3 is 0 Å². The van der Waals surface area contributed by atoms with Crippen LogP contribution in [0.15, 0.2) is 11.2 Å². The number of nitrogens with zero attached hydrogens (tertiary/aromatic N) is 2. The van der Waals surface area contributed by atoms with Crippen LogP contribution in [0.1, 0.15) is 13.3 Å². The average molecular weight is 238 g/mol. The zero-order valence-electron chi connectivity index (χ0n) is 7.05. The third-order valence-corrected chi connectivity index (χ3v) is 4.76. The molecule has 6 heteroatoms. The van der Waals surface area contributed by atoms with Crippen LogP contribution in [0.25, 0.3) is 0 Å². The molecule has 0 radical (unpaired) electrons. The van der Waals surface area contributed by atoms with Crippen LogP contribution in [0, 0.1) is 5.41 Å². The highest BCUT2D eigenvalue weighted by molar-refractivity contribution is 7.99. The lowest BCUT2D eigenvalue weighted by molar-refractivity contribution is 0.654. The molecule has 1 aromatic heterocycles. The second-order valence-corrected chi connectivity index (χ2v) is 6.02. The molecule has 3 nitrogen and oxygen atoms in total. The molecule has 0 saturated heterocycles. The Morgan fingerprint density at radius 3 is 2.85 bits per heavy atom. The first kappa shape index (κ1) is 9.62. The van der Waals surface area contributed by atoms with Gasteiger partial charge in [0.1, 0.15) is 9.36 Å². The molecule has 1 unspecified atom stereocenters. The molecule has 0 aliphatic heterocycles. The molecule has 72 valence electrons. The zero-order valence-corrected chi connectivity index (χ0v) is 9.38. The predicted octanol–water partition coefficient (Wildman–Crippen LogP) is 2.48. The zero-order chi connectivity index (χ0) is 9.53. The molecule has 0 amide bonds. The third kappa shape index (κ3) is 1.80. The van der Waals surface area contributed by atoms with Gasteiger partial charge in [0, 0.05) is 11.2 Å². The van der Waals surface area contributed by atoms with Crippen molar-refractivity contribution in [1.82, 2.24) is 15.4 Å². The molecular weight excluding hydrogens is 229 g/mol. The minimum absolute atomic E-state index is 0.0275. The number of hydrogen-bond donors (Lipinski definition) is 1. The molecule has 13 heavy (non-hydrogen) atoms. The Hall–Kier alpha value is 0.0700. The molecule has 0 aromatic carbocycles. The van der Waals surface area contributed by atoms with Crippen LogP contribution >= 0.6 is 35.0 Å². The van der Waals surface area contributed by atoms with Crippen molar-refractivity contribution in [3.05, 3.63) is 6.20 Å². The second kappa shape index (κ2) is 3.04. The van der Waals surface area contributed by atoms with E-state index < -0.39 is 4.33 Å². The van der Waals surface area contributed by atoms with Gasteiger partial charge in [0.05, 0.1) is 6.20 Å². The number of thioether (sulfide) groups is 1. The van der Waals surface area contributed by atoms with Gasteiger partial charge in [-0.2, -0.15) is 10.3 Å². The van der Waals surface area contributed by atoms with Gasteiger partial charge in [0.15, 0.2) is 0 Å². The normalized spacial score (nSPS) is 30.4. The molecule has 1 aliphatic carbocycles. The quantitative estimate of drug-likeness (QED) is 0.649. The van der Waals surface area contributed by atoms with Gasteiger partial charge in [-0.15, -0.1) is 40.1 Å². The van der Waals surface area contributed by atoms with Crippen molar-refractivity contribution in [2.45, 2.75) is 22.7 Å². The van der Waals surface area contributed by atoms with E-state index in [1.54, 1.807) is 18.0 Å². The van der Waals surface area contributed by atoms with E-state index in [0.717, 1.165) is 17.2 Å². The van der Waals surface area contributed by atoms with Crippen LogP contribution < -0.4 is 0 Å². The standard InChI is InChI=1S/C7H9Cl2N3S/c1-6(3-7(6,8)9)4-13-5-2-10-12-11-5/h2H,3-4H2,1H3,(H,10,11,12). The summed E-state index contributed by atoms with van der Waals surface area (Å²) in [6.45, 7) is 2.08. The molecule has 1 fully saturated rings. The number of hydrogen-bond acceptors (Lipinski definition) is 3. The fraction of sp³-hybridized carbons (Fsp3) is 0.714. The molecule has 1 heterocycles. The maximum Gasteiger partial charge on any atom is 0.138 e. The Kier molecular flexibility index (Phi) is 2.25. The lowest BCUT2D eigenvalue weighted by atomic mass is 10.2. The van der Waals surface area contributed by atoms with E-state index in [-0.39, 0.29) is 5.41 Å². The topological polar surface area (TPSA) is 41.6 Å². The van der Waals surface area contributed by atoms with E-state index in [4.69, 9.17) is 23.2 Å². The number of alkyl halides is 2. The van der Waals surface area contributed by atoms with Gasteiger partial charge in [-0.25, -0.2) is 0 Å². The van der Waals surface area contributed by atoms with E-state index in [0.29, 0.717) is 0 Å². The van der Waals surface area contributed by atoms with Crippen molar-refractivity contribution in [2.75, 3.05) is 5.75 Å². The minimum atomic E-state index is -0.538. The van der Waals surface area contributed by atoms with Gasteiger partial charge in [0.25, 0.3) is 0 Å². The van der Waals surface area contributed by atoms with Gasteiger partial charge in [0.2, 0.25) is 0 Å². The van der Waals surface area contributed by atoms with E-state index in [1.165, 1.54) is 0 Å². The summed E-state index contributed by atoms with van der Waals surface area (Å²) in [6.07, 6.45) is 2.55. The number of aromatic amines is 1. The van der Waals surface area contributed by atoms with Crippen LogP contribution in [-0.4, -0.2) is 25.5 Å². The van der Waals surface area contributed by atoms with E-state index in [1.807, 2.05) is 0 Å². The first-order valence-corrected chi connectivity index (χ1v) is 5.64. The largest absolute Gasteiger partial charge is 0.197 e. The molecule has 1 N–H and O–H groups in total. The number of aromatic nitrogens is 3. The Morgan fingerprint density at radius 1 is 1.69 bits per heavy atom. The smallest absolute Gasteiger partial charge is 0.138 e. The molecule has 2 rings (SSSR count). The molecule has 0 bridgehead atoms. The lowest BCUT2D eigenvalue weighted by Gasteiger charge is -2.08. The fourth-order valence-electron chi connectivity index (χ4n) is 1.10. The highest BCUT2D eigenvalue weighted by Crippen LogP contribution is 2.65. The summed E-state index contributed by atoms with van der Waals surface area (Å²) in [5.74, 6) is 0.881. The van der Waals surface area contributed by atoms with Crippen LogP contribution in [0.3, 0.4) is 0 Å². The van der Waals surface area contributed by atoms with Crippen molar-refractivity contribution in [3.63, 3.8) is 0 Å². The number of nitrogens with one attached hydrogen (secondary N) is 1. The van der Waals surface area contributed by atoms with Gasteiger partial charge in [-0.05, 0) is 6.42 Å². The van der Waals surface area contributed by atoms with E-state index in [2.05, 4.69) is 22.3 Å². The van der Waals surface area contributed by atoms with E-state index in [9.17, 15) is 0 Å². The lowest BCUT2D eigenvalue weighted by Crippen LogP contribution is -2.07. The molecule has 1 aliphatic rings. The summed E-state index contributed by atoms with van der Waals surface area (Å²) in [5.41, 5.74) is 0.0275. The molecule has 0 spiro atoms. The number of halogens is 2. The van der Waals surface area contributed by atoms with Crippen LogP contribution in [0.2, 0.25) is 0 Å². The summed E-state index contributed by atoms with van der Waals surface area (Å²) in [7, 11) is 0. The summed E-state index contributed by atoms with van der Waals surface area (Å²) in [6, 6.07) is 0.